The number of nitrogens with zero attached hydrogens (tertiary/aromatic N) is 1. The van der Waals surface area contributed by atoms with Crippen LogP contribution in [-0.4, -0.2) is 6.04 Å². The quantitative estimate of drug-likeness (QED) is 0.730. The van der Waals surface area contributed by atoms with Gasteiger partial charge < -0.3 is 5.73 Å². The summed E-state index contributed by atoms with van der Waals surface area (Å²) >= 11 is 0. The molecule has 14 heavy (non-hydrogen) atoms. The lowest BCUT2D eigenvalue weighted by molar-refractivity contribution is 0.674. The van der Waals surface area contributed by atoms with Crippen LogP contribution >= 0.6 is 0 Å². The lowest BCUT2D eigenvalue weighted by Crippen LogP contribution is -2.14. The molecule has 0 heterocycles. The van der Waals surface area contributed by atoms with Crippen LogP contribution in [0.25, 0.3) is 0 Å². The second kappa shape index (κ2) is 3.81. The number of nitrogens with two attached hydrogens (primary N) is 1. The predicted molar refractivity (Wildman–Crippen MR) is 55.7 cm³/mol. The molecule has 72 valence electrons. The van der Waals surface area contributed by atoms with Crippen molar-refractivity contribution in [1.29, 1.82) is 5.26 Å². The maximum absolute atomic E-state index is 8.67. The van der Waals surface area contributed by atoms with E-state index in [1.165, 1.54) is 12.0 Å². The Kier molecular flexibility index (Phi) is 2.51. The number of rotatable bonds is 1. The fraction of sp³-hybridized carbons (Fsp3) is 0.417. The highest BCUT2D eigenvalue weighted by Crippen LogP contribution is 2.33. The van der Waals surface area contributed by atoms with Gasteiger partial charge in [-0.3, -0.25) is 0 Å². The first-order valence-corrected chi connectivity index (χ1v) is 5.05. The van der Waals surface area contributed by atoms with Crippen LogP contribution in [-0.2, 0) is 0 Å². The van der Waals surface area contributed by atoms with E-state index in [0.717, 1.165) is 18.4 Å². The zero-order valence-electron chi connectivity index (χ0n) is 8.11. The van der Waals surface area contributed by atoms with Crippen LogP contribution in [0.15, 0.2) is 24.3 Å². The molecule has 1 aromatic carbocycles. The number of benzene rings is 1. The maximum atomic E-state index is 8.67. The van der Waals surface area contributed by atoms with Gasteiger partial charge in [-0.25, -0.2) is 0 Å². The number of nitriles is 1. The van der Waals surface area contributed by atoms with E-state index in [0.29, 0.717) is 12.0 Å². The molecule has 0 bridgehead atoms. The Bertz CT molecular complexity index is 348. The monoisotopic (exact) mass is 186 g/mol. The molecule has 1 saturated carbocycles. The van der Waals surface area contributed by atoms with Crippen LogP contribution in [0, 0.1) is 11.3 Å². The number of hydrogen-bond acceptors (Lipinski definition) is 2. The van der Waals surface area contributed by atoms with E-state index >= 15 is 0 Å². The standard InChI is InChI=1S/C12H14N2/c13-8-9-1-3-10(4-2-9)11-5-6-12(14)7-11/h1-4,11-12H,5-7,14H2/t11-,12+/m0/s1. The Balaban J connectivity index is 2.14. The molecule has 0 radical (unpaired) electrons. The minimum absolute atomic E-state index is 0.371. The minimum Gasteiger partial charge on any atom is -0.328 e. The predicted octanol–water partition coefficient (Wildman–Crippen LogP) is 2.15. The fourth-order valence-electron chi connectivity index (χ4n) is 2.15. The highest BCUT2D eigenvalue weighted by atomic mass is 14.6. The van der Waals surface area contributed by atoms with E-state index in [4.69, 9.17) is 11.0 Å². The molecular formula is C12H14N2. The molecule has 0 unspecified atom stereocenters. The van der Waals surface area contributed by atoms with E-state index in [1.807, 2.05) is 12.1 Å². The largest absolute Gasteiger partial charge is 0.328 e. The lowest BCUT2D eigenvalue weighted by atomic mass is 9.97. The molecule has 0 amide bonds. The van der Waals surface area contributed by atoms with Crippen LogP contribution in [0.1, 0.15) is 36.3 Å². The highest BCUT2D eigenvalue weighted by molar-refractivity contribution is 5.33. The van der Waals surface area contributed by atoms with E-state index in [-0.39, 0.29) is 0 Å². The van der Waals surface area contributed by atoms with Gasteiger partial charge >= 0.3 is 0 Å². The van der Waals surface area contributed by atoms with Crippen molar-refractivity contribution < 1.29 is 0 Å². The first-order chi connectivity index (χ1) is 6.79. The van der Waals surface area contributed by atoms with Crippen LogP contribution in [0.2, 0.25) is 0 Å². The minimum atomic E-state index is 0.371. The van der Waals surface area contributed by atoms with Crippen molar-refractivity contribution in [2.24, 2.45) is 5.73 Å². The van der Waals surface area contributed by atoms with Gasteiger partial charge in [-0.15, -0.1) is 0 Å². The van der Waals surface area contributed by atoms with Crippen molar-refractivity contribution in [1.82, 2.24) is 0 Å². The van der Waals surface area contributed by atoms with Gasteiger partial charge in [-0.2, -0.15) is 5.26 Å². The molecule has 2 atom stereocenters. The third-order valence-corrected chi connectivity index (χ3v) is 2.98. The van der Waals surface area contributed by atoms with E-state index < -0.39 is 0 Å². The van der Waals surface area contributed by atoms with Crippen molar-refractivity contribution in [3.8, 4) is 6.07 Å². The molecule has 2 nitrogen and oxygen atoms in total. The highest BCUT2D eigenvalue weighted by Gasteiger charge is 2.22. The summed E-state index contributed by atoms with van der Waals surface area (Å²) in [6.07, 6.45) is 3.41. The van der Waals surface area contributed by atoms with Crippen LogP contribution < -0.4 is 5.73 Å². The molecule has 1 aliphatic carbocycles. The smallest absolute Gasteiger partial charge is 0.0991 e. The SMILES string of the molecule is N#Cc1ccc([C@H]2CC[C@@H](N)C2)cc1. The summed E-state index contributed by atoms with van der Waals surface area (Å²) in [5, 5.41) is 8.67. The molecular weight excluding hydrogens is 172 g/mol. The summed E-state index contributed by atoms with van der Waals surface area (Å²) in [5.74, 6) is 0.609. The molecule has 0 aromatic heterocycles. The van der Waals surface area contributed by atoms with Gasteiger partial charge in [0.1, 0.15) is 0 Å². The average Bonchev–Trinajstić information content (AvgIpc) is 2.65. The summed E-state index contributed by atoms with van der Waals surface area (Å²) in [5.41, 5.74) is 7.93. The summed E-state index contributed by atoms with van der Waals surface area (Å²) in [6.45, 7) is 0. The second-order valence-electron chi connectivity index (χ2n) is 4.00. The third kappa shape index (κ3) is 1.78. The number of hydrogen-bond donors (Lipinski definition) is 1. The third-order valence-electron chi connectivity index (χ3n) is 2.98. The van der Waals surface area contributed by atoms with E-state index in [2.05, 4.69) is 18.2 Å². The normalized spacial score (nSPS) is 26.0. The lowest BCUT2D eigenvalue weighted by Gasteiger charge is -2.09. The Labute approximate surface area is 84.3 Å². The maximum Gasteiger partial charge on any atom is 0.0991 e. The van der Waals surface area contributed by atoms with Crippen molar-refractivity contribution in [3.63, 3.8) is 0 Å². The van der Waals surface area contributed by atoms with Gasteiger partial charge in [0.25, 0.3) is 0 Å². The van der Waals surface area contributed by atoms with Crippen molar-refractivity contribution in [3.05, 3.63) is 35.4 Å². The zero-order chi connectivity index (χ0) is 9.97. The summed E-state index contributed by atoms with van der Waals surface area (Å²) in [4.78, 5) is 0. The van der Waals surface area contributed by atoms with E-state index in [9.17, 15) is 0 Å². The summed E-state index contributed by atoms with van der Waals surface area (Å²) in [6, 6.07) is 10.4. The topological polar surface area (TPSA) is 49.8 Å². The Morgan fingerprint density at radius 2 is 1.93 bits per heavy atom. The van der Waals surface area contributed by atoms with Gasteiger partial charge in [0, 0.05) is 6.04 Å². The van der Waals surface area contributed by atoms with Crippen molar-refractivity contribution >= 4 is 0 Å². The van der Waals surface area contributed by atoms with Crippen LogP contribution in [0.5, 0.6) is 0 Å². The Morgan fingerprint density at radius 3 is 2.43 bits per heavy atom. The van der Waals surface area contributed by atoms with Gasteiger partial charge in [0.05, 0.1) is 11.6 Å². The van der Waals surface area contributed by atoms with Crippen molar-refractivity contribution in [2.45, 2.75) is 31.2 Å². The van der Waals surface area contributed by atoms with Gasteiger partial charge in [0.2, 0.25) is 0 Å². The molecule has 0 saturated heterocycles. The Morgan fingerprint density at radius 1 is 1.21 bits per heavy atom. The van der Waals surface area contributed by atoms with Gasteiger partial charge in [-0.1, -0.05) is 12.1 Å². The molecule has 1 fully saturated rings. The Hall–Kier alpha value is -1.33. The summed E-state index contributed by atoms with van der Waals surface area (Å²) in [7, 11) is 0. The molecule has 0 aliphatic heterocycles. The first kappa shape index (κ1) is 9.23. The molecule has 2 rings (SSSR count). The average molecular weight is 186 g/mol. The fourth-order valence-corrected chi connectivity index (χ4v) is 2.15. The molecule has 2 heteroatoms. The molecule has 1 aromatic rings. The summed E-state index contributed by atoms with van der Waals surface area (Å²) < 4.78 is 0. The van der Waals surface area contributed by atoms with Gasteiger partial charge in [0.15, 0.2) is 0 Å². The first-order valence-electron chi connectivity index (χ1n) is 5.05. The van der Waals surface area contributed by atoms with Crippen LogP contribution in [0.4, 0.5) is 0 Å². The zero-order valence-corrected chi connectivity index (χ0v) is 8.11. The van der Waals surface area contributed by atoms with Gasteiger partial charge in [-0.05, 0) is 42.9 Å². The van der Waals surface area contributed by atoms with Crippen molar-refractivity contribution in [2.75, 3.05) is 0 Å². The molecule has 0 spiro atoms. The molecule has 1 aliphatic rings. The second-order valence-corrected chi connectivity index (χ2v) is 4.00. The van der Waals surface area contributed by atoms with Crippen LogP contribution in [0.3, 0.4) is 0 Å². The van der Waals surface area contributed by atoms with E-state index in [1.54, 1.807) is 0 Å². The molecule has 2 N–H and O–H groups in total.